The van der Waals surface area contributed by atoms with E-state index in [4.69, 9.17) is 4.74 Å². The van der Waals surface area contributed by atoms with E-state index >= 15 is 0 Å². The van der Waals surface area contributed by atoms with Crippen LogP contribution in [0.4, 0.5) is 0 Å². The van der Waals surface area contributed by atoms with Crippen molar-refractivity contribution in [3.8, 4) is 0 Å². The molecule has 0 aliphatic rings. The predicted molar refractivity (Wildman–Crippen MR) is 112 cm³/mol. The normalized spacial score (nSPS) is 13.1. The second-order valence-corrected chi connectivity index (χ2v) is 8.59. The van der Waals surface area contributed by atoms with E-state index in [1.165, 1.54) is 16.0 Å². The third-order valence-corrected chi connectivity index (χ3v) is 6.84. The predicted octanol–water partition coefficient (Wildman–Crippen LogP) is 2.72. The molecule has 8 heteroatoms. The minimum Gasteiger partial charge on any atom is -0.383 e. The number of ether oxygens (including phenoxy) is 1. The lowest BCUT2D eigenvalue weighted by Gasteiger charge is -2.30. The molecule has 3 rings (SSSR count). The zero-order valence-corrected chi connectivity index (χ0v) is 17.6. The van der Waals surface area contributed by atoms with Crippen molar-refractivity contribution in [1.82, 2.24) is 13.9 Å². The fourth-order valence-electron chi connectivity index (χ4n) is 3.40. The number of fused-ring (bicyclic) bond motifs is 1. The largest absolute Gasteiger partial charge is 0.383 e. The van der Waals surface area contributed by atoms with Crippen LogP contribution in [0.25, 0.3) is 10.9 Å². The molecule has 0 N–H and O–H groups in total. The summed E-state index contributed by atoms with van der Waals surface area (Å²) < 4.78 is 34.8. The van der Waals surface area contributed by atoms with Crippen molar-refractivity contribution < 1.29 is 13.2 Å². The minimum atomic E-state index is -3.82. The van der Waals surface area contributed by atoms with Crippen LogP contribution in [0, 0.1) is 0 Å². The van der Waals surface area contributed by atoms with Gasteiger partial charge in [-0.15, -0.1) is 0 Å². The first-order valence-corrected chi connectivity index (χ1v) is 10.9. The third kappa shape index (κ3) is 4.10. The molecular formula is C21H25N3O4S. The lowest BCUT2D eigenvalue weighted by atomic mass is 10.1. The summed E-state index contributed by atoms with van der Waals surface area (Å²) in [7, 11) is -0.663. The molecule has 0 saturated heterocycles. The highest BCUT2D eigenvalue weighted by atomic mass is 32.2. The molecule has 2 aromatic carbocycles. The summed E-state index contributed by atoms with van der Waals surface area (Å²) >= 11 is 0. The van der Waals surface area contributed by atoms with Gasteiger partial charge in [0.25, 0.3) is 5.56 Å². The van der Waals surface area contributed by atoms with Crippen LogP contribution in [0.3, 0.4) is 0 Å². The number of hydrogen-bond acceptors (Lipinski definition) is 5. The summed E-state index contributed by atoms with van der Waals surface area (Å²) in [6.45, 7) is 2.26. The Morgan fingerprint density at radius 2 is 1.76 bits per heavy atom. The summed E-state index contributed by atoms with van der Waals surface area (Å²) in [6.07, 6.45) is 0.453. The molecule has 0 aliphatic heterocycles. The van der Waals surface area contributed by atoms with Crippen molar-refractivity contribution in [1.29, 1.82) is 0 Å². The molecule has 0 saturated carbocycles. The molecule has 154 valence electrons. The number of para-hydroxylation sites is 1. The Morgan fingerprint density at radius 1 is 1.10 bits per heavy atom. The van der Waals surface area contributed by atoms with E-state index in [0.29, 0.717) is 23.1 Å². The molecule has 0 aliphatic carbocycles. The van der Waals surface area contributed by atoms with Crippen molar-refractivity contribution in [3.05, 3.63) is 70.8 Å². The minimum absolute atomic E-state index is 0.148. The van der Waals surface area contributed by atoms with Gasteiger partial charge in [-0.2, -0.15) is 4.31 Å². The SMILES string of the molecule is CCC(c1nc2ccccc2c(=O)n1C)N(CCOC)S(=O)(=O)c1ccccc1. The fourth-order valence-corrected chi connectivity index (χ4v) is 5.07. The van der Waals surface area contributed by atoms with Crippen LogP contribution in [0.2, 0.25) is 0 Å². The van der Waals surface area contributed by atoms with Crippen LogP contribution in [-0.2, 0) is 21.8 Å². The highest BCUT2D eigenvalue weighted by Gasteiger charge is 2.33. The molecule has 1 unspecified atom stereocenters. The molecule has 0 fully saturated rings. The van der Waals surface area contributed by atoms with Crippen molar-refractivity contribution >= 4 is 20.9 Å². The third-order valence-electron chi connectivity index (χ3n) is 4.92. The van der Waals surface area contributed by atoms with Crippen molar-refractivity contribution in [2.75, 3.05) is 20.3 Å². The number of benzene rings is 2. The first kappa shape index (κ1) is 21.2. The van der Waals surface area contributed by atoms with Gasteiger partial charge in [0.05, 0.1) is 28.4 Å². The second kappa shape index (κ2) is 8.86. The summed E-state index contributed by atoms with van der Waals surface area (Å²) in [5, 5.41) is 0.503. The summed E-state index contributed by atoms with van der Waals surface area (Å²) in [5.41, 5.74) is 0.348. The van der Waals surface area contributed by atoms with Crippen LogP contribution in [-0.4, -0.2) is 42.5 Å². The molecule has 1 heterocycles. The van der Waals surface area contributed by atoms with Crippen molar-refractivity contribution in [2.45, 2.75) is 24.3 Å². The number of aromatic nitrogens is 2. The Kier molecular flexibility index (Phi) is 6.46. The van der Waals surface area contributed by atoms with Crippen LogP contribution < -0.4 is 5.56 Å². The lowest BCUT2D eigenvalue weighted by Crippen LogP contribution is -2.40. The van der Waals surface area contributed by atoms with E-state index < -0.39 is 16.1 Å². The molecule has 0 amide bonds. The van der Waals surface area contributed by atoms with E-state index in [1.54, 1.807) is 55.6 Å². The Bertz CT molecular complexity index is 1140. The Hall–Kier alpha value is -2.55. The molecule has 0 bridgehead atoms. The summed E-state index contributed by atoms with van der Waals surface area (Å²) in [6, 6.07) is 14.7. The van der Waals surface area contributed by atoms with Gasteiger partial charge in [-0.05, 0) is 30.7 Å². The van der Waals surface area contributed by atoms with Crippen LogP contribution >= 0.6 is 0 Å². The molecular weight excluding hydrogens is 390 g/mol. The maximum atomic E-state index is 13.4. The average molecular weight is 416 g/mol. The molecule has 3 aromatic rings. The second-order valence-electron chi connectivity index (χ2n) is 6.70. The highest BCUT2D eigenvalue weighted by molar-refractivity contribution is 7.89. The van der Waals surface area contributed by atoms with Crippen molar-refractivity contribution in [2.24, 2.45) is 7.05 Å². The van der Waals surface area contributed by atoms with Gasteiger partial charge in [0.15, 0.2) is 0 Å². The maximum Gasteiger partial charge on any atom is 0.261 e. The standard InChI is InChI=1S/C21H25N3O4S/c1-4-19(20-22-18-13-9-8-12-17(18)21(25)23(20)2)24(14-15-28-3)29(26,27)16-10-6-5-7-11-16/h5-13,19H,4,14-15H2,1-3H3. The number of rotatable bonds is 8. The van der Waals surface area contributed by atoms with Gasteiger partial charge in [0, 0.05) is 20.7 Å². The van der Waals surface area contributed by atoms with E-state index in [9.17, 15) is 13.2 Å². The van der Waals surface area contributed by atoms with Gasteiger partial charge in [0.1, 0.15) is 5.82 Å². The smallest absolute Gasteiger partial charge is 0.261 e. The Morgan fingerprint density at radius 3 is 2.41 bits per heavy atom. The van der Waals surface area contributed by atoms with Gasteiger partial charge in [0.2, 0.25) is 10.0 Å². The lowest BCUT2D eigenvalue weighted by molar-refractivity contribution is 0.162. The van der Waals surface area contributed by atoms with E-state index in [1.807, 2.05) is 13.0 Å². The first-order valence-electron chi connectivity index (χ1n) is 9.43. The van der Waals surface area contributed by atoms with Crippen LogP contribution in [0.15, 0.2) is 64.3 Å². The zero-order chi connectivity index (χ0) is 21.0. The van der Waals surface area contributed by atoms with Gasteiger partial charge in [-0.1, -0.05) is 37.3 Å². The van der Waals surface area contributed by atoms with Crippen LogP contribution in [0.1, 0.15) is 25.2 Å². The quantitative estimate of drug-likeness (QED) is 0.565. The molecule has 0 spiro atoms. The Balaban J connectivity index is 2.18. The van der Waals surface area contributed by atoms with Gasteiger partial charge >= 0.3 is 0 Å². The van der Waals surface area contributed by atoms with E-state index in [-0.39, 0.29) is 23.6 Å². The Labute approximate surface area is 170 Å². The van der Waals surface area contributed by atoms with Gasteiger partial charge in [-0.25, -0.2) is 13.4 Å². The topological polar surface area (TPSA) is 81.5 Å². The fraction of sp³-hybridized carbons (Fsp3) is 0.333. The van der Waals surface area contributed by atoms with E-state index in [0.717, 1.165) is 0 Å². The molecule has 29 heavy (non-hydrogen) atoms. The number of hydrogen-bond donors (Lipinski definition) is 0. The summed E-state index contributed by atoms with van der Waals surface area (Å²) in [4.78, 5) is 17.7. The van der Waals surface area contributed by atoms with E-state index in [2.05, 4.69) is 4.98 Å². The summed E-state index contributed by atoms with van der Waals surface area (Å²) in [5.74, 6) is 0.409. The molecule has 7 nitrogen and oxygen atoms in total. The van der Waals surface area contributed by atoms with Gasteiger partial charge in [-0.3, -0.25) is 9.36 Å². The molecule has 1 aromatic heterocycles. The van der Waals surface area contributed by atoms with Crippen LogP contribution in [0.5, 0.6) is 0 Å². The zero-order valence-electron chi connectivity index (χ0n) is 16.8. The first-order chi connectivity index (χ1) is 13.9. The van der Waals surface area contributed by atoms with Gasteiger partial charge < -0.3 is 4.74 Å². The molecule has 0 radical (unpaired) electrons. The number of methoxy groups -OCH3 is 1. The number of sulfonamides is 1. The van der Waals surface area contributed by atoms with Crippen molar-refractivity contribution in [3.63, 3.8) is 0 Å². The highest BCUT2D eigenvalue weighted by Crippen LogP contribution is 2.29. The molecule has 1 atom stereocenters. The number of nitrogens with zero attached hydrogens (tertiary/aromatic N) is 3. The monoisotopic (exact) mass is 415 g/mol. The average Bonchev–Trinajstić information content (AvgIpc) is 2.74. The maximum absolute atomic E-state index is 13.4.